The second kappa shape index (κ2) is 3.50. The number of aromatic nitrogens is 1. The fourth-order valence-electron chi connectivity index (χ4n) is 2.62. The van der Waals surface area contributed by atoms with Gasteiger partial charge in [-0.3, -0.25) is 4.79 Å². The topological polar surface area (TPSA) is 53.1 Å². The monoisotopic (exact) mass is 249 g/mol. The van der Waals surface area contributed by atoms with E-state index in [0.717, 1.165) is 35.7 Å². The average Bonchev–Trinajstić information content (AvgIpc) is 2.59. The predicted molar refractivity (Wildman–Crippen MR) is 66.5 cm³/mol. The molecule has 1 heterocycles. The molecule has 1 saturated carbocycles. The fraction of sp³-hybridized carbons (Fsp3) is 0.308. The highest BCUT2D eigenvalue weighted by Gasteiger charge is 2.47. The molecule has 2 aromatic rings. The Hall–Kier alpha value is -1.48. The molecule has 0 spiro atoms. The third-order valence-corrected chi connectivity index (χ3v) is 4.01. The third kappa shape index (κ3) is 1.39. The largest absolute Gasteiger partial charge is 0.481 e. The lowest BCUT2D eigenvalue weighted by atomic mass is 9.64. The zero-order chi connectivity index (χ0) is 12.0. The molecule has 0 atom stereocenters. The zero-order valence-electron chi connectivity index (χ0n) is 9.16. The maximum absolute atomic E-state index is 11.5. The lowest BCUT2D eigenvalue weighted by Gasteiger charge is -2.37. The standard InChI is InChI=1S/C13H12ClNO2/c14-8-2-3-9-10(7-15-11(9)6-8)13(12(16)17)4-1-5-13/h2-3,6-7,15H,1,4-5H2,(H,16,17). The number of hydrogen-bond donors (Lipinski definition) is 2. The Morgan fingerprint density at radius 3 is 2.76 bits per heavy atom. The molecular formula is C13H12ClNO2. The van der Waals surface area contributed by atoms with Gasteiger partial charge in [-0.2, -0.15) is 0 Å². The molecule has 88 valence electrons. The van der Waals surface area contributed by atoms with Crippen LogP contribution < -0.4 is 0 Å². The normalized spacial score (nSPS) is 17.9. The summed E-state index contributed by atoms with van der Waals surface area (Å²) in [4.78, 5) is 14.6. The number of rotatable bonds is 2. The van der Waals surface area contributed by atoms with Crippen molar-refractivity contribution in [2.45, 2.75) is 24.7 Å². The lowest BCUT2D eigenvalue weighted by Crippen LogP contribution is -2.42. The van der Waals surface area contributed by atoms with Crippen LogP contribution in [-0.2, 0) is 10.2 Å². The number of aliphatic carboxylic acids is 1. The van der Waals surface area contributed by atoms with Crippen LogP contribution in [0.15, 0.2) is 24.4 Å². The van der Waals surface area contributed by atoms with Gasteiger partial charge < -0.3 is 10.1 Å². The molecule has 1 aromatic heterocycles. The summed E-state index contributed by atoms with van der Waals surface area (Å²) in [6.45, 7) is 0. The van der Waals surface area contributed by atoms with Gasteiger partial charge in [-0.1, -0.05) is 24.1 Å². The highest BCUT2D eigenvalue weighted by atomic mass is 35.5. The van der Waals surface area contributed by atoms with Crippen molar-refractivity contribution in [3.63, 3.8) is 0 Å². The Bertz CT molecular complexity index is 598. The van der Waals surface area contributed by atoms with E-state index in [0.29, 0.717) is 5.02 Å². The Kier molecular flexibility index (Phi) is 2.20. The molecule has 3 rings (SSSR count). The van der Waals surface area contributed by atoms with E-state index in [2.05, 4.69) is 4.98 Å². The van der Waals surface area contributed by atoms with Crippen molar-refractivity contribution in [2.24, 2.45) is 0 Å². The molecule has 3 nitrogen and oxygen atoms in total. The van der Waals surface area contributed by atoms with Crippen LogP contribution in [0.25, 0.3) is 10.9 Å². The van der Waals surface area contributed by atoms with Gasteiger partial charge in [0.05, 0.1) is 5.41 Å². The van der Waals surface area contributed by atoms with Crippen LogP contribution in [0, 0.1) is 0 Å². The first kappa shape index (κ1) is 10.7. The number of fused-ring (bicyclic) bond motifs is 1. The SMILES string of the molecule is O=C(O)C1(c2c[nH]c3cc(Cl)ccc23)CCC1. The Balaban J connectivity index is 2.21. The van der Waals surface area contributed by atoms with Gasteiger partial charge in [0, 0.05) is 22.1 Å². The van der Waals surface area contributed by atoms with Gasteiger partial charge in [-0.05, 0) is 30.5 Å². The van der Waals surface area contributed by atoms with Crippen LogP contribution in [0.1, 0.15) is 24.8 Å². The van der Waals surface area contributed by atoms with Crippen LogP contribution in [0.2, 0.25) is 5.02 Å². The highest BCUT2D eigenvalue weighted by molar-refractivity contribution is 6.31. The Morgan fingerprint density at radius 2 is 2.18 bits per heavy atom. The first-order valence-electron chi connectivity index (χ1n) is 5.64. The van der Waals surface area contributed by atoms with Gasteiger partial charge in [0.15, 0.2) is 0 Å². The summed E-state index contributed by atoms with van der Waals surface area (Å²) >= 11 is 5.92. The van der Waals surface area contributed by atoms with E-state index in [4.69, 9.17) is 11.6 Å². The van der Waals surface area contributed by atoms with E-state index in [1.54, 1.807) is 6.07 Å². The molecular weight excluding hydrogens is 238 g/mol. The summed E-state index contributed by atoms with van der Waals surface area (Å²) in [5.74, 6) is -0.723. The summed E-state index contributed by atoms with van der Waals surface area (Å²) < 4.78 is 0. The van der Waals surface area contributed by atoms with E-state index in [1.807, 2.05) is 18.3 Å². The number of benzene rings is 1. The smallest absolute Gasteiger partial charge is 0.314 e. The van der Waals surface area contributed by atoms with Crippen molar-refractivity contribution < 1.29 is 9.90 Å². The van der Waals surface area contributed by atoms with E-state index < -0.39 is 11.4 Å². The number of hydrogen-bond acceptors (Lipinski definition) is 1. The quantitative estimate of drug-likeness (QED) is 0.858. The molecule has 17 heavy (non-hydrogen) atoms. The number of carbonyl (C=O) groups is 1. The van der Waals surface area contributed by atoms with E-state index in [-0.39, 0.29) is 0 Å². The molecule has 0 radical (unpaired) electrons. The van der Waals surface area contributed by atoms with Crippen LogP contribution in [0.4, 0.5) is 0 Å². The maximum Gasteiger partial charge on any atom is 0.314 e. The summed E-state index contributed by atoms with van der Waals surface area (Å²) in [6, 6.07) is 5.52. The number of nitrogens with one attached hydrogen (secondary N) is 1. The summed E-state index contributed by atoms with van der Waals surface area (Å²) in [5.41, 5.74) is 1.11. The van der Waals surface area contributed by atoms with Crippen LogP contribution >= 0.6 is 11.6 Å². The van der Waals surface area contributed by atoms with Crippen molar-refractivity contribution >= 4 is 28.5 Å². The molecule has 4 heteroatoms. The summed E-state index contributed by atoms with van der Waals surface area (Å²) in [7, 11) is 0. The minimum absolute atomic E-state index is 0.656. The number of aromatic amines is 1. The van der Waals surface area contributed by atoms with E-state index in [1.165, 1.54) is 0 Å². The van der Waals surface area contributed by atoms with Gasteiger partial charge >= 0.3 is 5.97 Å². The van der Waals surface area contributed by atoms with Gasteiger partial charge in [-0.15, -0.1) is 0 Å². The predicted octanol–water partition coefficient (Wildman–Crippen LogP) is 3.33. The molecule has 0 amide bonds. The van der Waals surface area contributed by atoms with Gasteiger partial charge in [0.2, 0.25) is 0 Å². The van der Waals surface area contributed by atoms with Crippen LogP contribution in [0.5, 0.6) is 0 Å². The van der Waals surface area contributed by atoms with Crippen molar-refractivity contribution in [2.75, 3.05) is 0 Å². The Morgan fingerprint density at radius 1 is 1.41 bits per heavy atom. The second-order valence-electron chi connectivity index (χ2n) is 4.63. The second-order valence-corrected chi connectivity index (χ2v) is 5.07. The maximum atomic E-state index is 11.5. The molecule has 0 saturated heterocycles. The minimum Gasteiger partial charge on any atom is -0.481 e. The molecule has 1 fully saturated rings. The average molecular weight is 250 g/mol. The van der Waals surface area contributed by atoms with Crippen molar-refractivity contribution in [1.82, 2.24) is 4.98 Å². The lowest BCUT2D eigenvalue weighted by molar-refractivity contribution is -0.147. The van der Waals surface area contributed by atoms with Gasteiger partial charge in [-0.25, -0.2) is 0 Å². The van der Waals surface area contributed by atoms with E-state index >= 15 is 0 Å². The van der Waals surface area contributed by atoms with Crippen molar-refractivity contribution in [3.05, 3.63) is 35.0 Å². The Labute approximate surface area is 103 Å². The van der Waals surface area contributed by atoms with Crippen molar-refractivity contribution in [1.29, 1.82) is 0 Å². The molecule has 0 unspecified atom stereocenters. The minimum atomic E-state index is -0.723. The zero-order valence-corrected chi connectivity index (χ0v) is 9.92. The molecule has 1 aliphatic rings. The molecule has 0 bridgehead atoms. The number of halogens is 1. The van der Waals surface area contributed by atoms with E-state index in [9.17, 15) is 9.90 Å². The van der Waals surface area contributed by atoms with Gasteiger partial charge in [0.1, 0.15) is 0 Å². The molecule has 2 N–H and O–H groups in total. The third-order valence-electron chi connectivity index (χ3n) is 3.78. The highest BCUT2D eigenvalue weighted by Crippen LogP contribution is 2.46. The van der Waals surface area contributed by atoms with Crippen LogP contribution in [-0.4, -0.2) is 16.1 Å². The first-order valence-corrected chi connectivity index (χ1v) is 6.02. The molecule has 1 aliphatic carbocycles. The number of carboxylic acid groups (broad SMARTS) is 1. The van der Waals surface area contributed by atoms with Gasteiger partial charge in [0.25, 0.3) is 0 Å². The first-order chi connectivity index (χ1) is 8.13. The molecule has 0 aliphatic heterocycles. The molecule has 1 aromatic carbocycles. The summed E-state index contributed by atoms with van der Waals surface area (Å²) in [6.07, 6.45) is 4.23. The fourth-order valence-corrected chi connectivity index (χ4v) is 2.80. The van der Waals surface area contributed by atoms with Crippen LogP contribution in [0.3, 0.4) is 0 Å². The van der Waals surface area contributed by atoms with Crippen molar-refractivity contribution in [3.8, 4) is 0 Å². The summed E-state index contributed by atoms with van der Waals surface area (Å²) in [5, 5.41) is 11.1. The number of H-pyrrole nitrogens is 1. The number of carboxylic acids is 1.